The molecule has 0 bridgehead atoms. The summed E-state index contributed by atoms with van der Waals surface area (Å²) < 4.78 is 11.9. The van der Waals surface area contributed by atoms with Crippen LogP contribution in [0.15, 0.2) is 31.3 Å². The largest absolute Gasteiger partial charge is 0.462 e. The number of hydrogen-bond donors (Lipinski definition) is 1. The van der Waals surface area contributed by atoms with Crippen molar-refractivity contribution in [1.82, 2.24) is 9.13 Å². The summed E-state index contributed by atoms with van der Waals surface area (Å²) in [5.74, 6) is -0.797. The van der Waals surface area contributed by atoms with Crippen LogP contribution in [-0.2, 0) is 27.4 Å². The molecule has 0 atom stereocenters. The fraction of sp³-hybridized carbons (Fsp3) is 0.607. The Morgan fingerprint density at radius 3 is 1.66 bits per heavy atom. The number of nitrogens with zero attached hydrogens (tertiary/aromatic N) is 2. The summed E-state index contributed by atoms with van der Waals surface area (Å²) in [6, 6.07) is 2.58. The predicted octanol–water partition coefficient (Wildman–Crippen LogP) is 2.39. The fourth-order valence-electron chi connectivity index (χ4n) is 4.73. The quantitative estimate of drug-likeness (QED) is 0.196. The van der Waals surface area contributed by atoms with Crippen molar-refractivity contribution in [1.29, 1.82) is 0 Å². The lowest BCUT2D eigenvalue weighted by Gasteiger charge is -2.05. The normalized spacial score (nSPS) is 11.6. The van der Waals surface area contributed by atoms with E-state index in [1.54, 1.807) is 0 Å². The Morgan fingerprint density at radius 2 is 1.16 bits per heavy atom. The van der Waals surface area contributed by atoms with Crippen LogP contribution in [0.3, 0.4) is 0 Å². The molecule has 0 radical (unpaired) electrons. The average Bonchev–Trinajstić information content (AvgIpc) is 3.28. The predicted molar refractivity (Wildman–Crippen MR) is 146 cm³/mol. The molecule has 1 aromatic carbocycles. The van der Waals surface area contributed by atoms with Gasteiger partial charge >= 0.3 is 5.97 Å². The maximum absolute atomic E-state index is 12.9. The molecular weight excluding hydrogens is 492 g/mol. The first kappa shape index (κ1) is 29.4. The third kappa shape index (κ3) is 7.26. The Labute approximate surface area is 220 Å². The van der Waals surface area contributed by atoms with Crippen molar-refractivity contribution < 1.29 is 19.4 Å². The monoisotopic (exact) mass is 530 g/mol. The number of unbranched alkanes of at least 4 members (excludes halogenated alkanes) is 9. The number of rotatable bonds is 18. The highest BCUT2D eigenvalue weighted by Gasteiger charge is 2.20. The van der Waals surface area contributed by atoms with E-state index in [0.717, 1.165) is 23.8 Å². The highest BCUT2D eigenvalue weighted by molar-refractivity contribution is 5.98. The van der Waals surface area contributed by atoms with E-state index in [9.17, 15) is 24.0 Å². The lowest BCUT2D eigenvalue weighted by Crippen LogP contribution is -2.30. The second-order valence-corrected chi connectivity index (χ2v) is 9.64. The molecule has 0 saturated heterocycles. The Hall–Kier alpha value is -3.11. The minimum atomic E-state index is -0.797. The van der Waals surface area contributed by atoms with Gasteiger partial charge in [0, 0.05) is 6.54 Å². The van der Waals surface area contributed by atoms with Crippen molar-refractivity contribution in [2.45, 2.75) is 84.2 Å². The van der Waals surface area contributed by atoms with Gasteiger partial charge < -0.3 is 14.6 Å². The highest BCUT2D eigenvalue weighted by Crippen LogP contribution is 2.15. The molecule has 3 aromatic rings. The van der Waals surface area contributed by atoms with Crippen LogP contribution in [0.2, 0.25) is 0 Å². The molecule has 2 heterocycles. The summed E-state index contributed by atoms with van der Waals surface area (Å²) in [6.45, 7) is 1.84. The van der Waals surface area contributed by atoms with Gasteiger partial charge in [-0.15, -0.1) is 0 Å². The summed E-state index contributed by atoms with van der Waals surface area (Å²) in [5.41, 5.74) is -2.36. The molecule has 0 unspecified atom stereocenters. The molecule has 0 amide bonds. The fourth-order valence-corrected chi connectivity index (χ4v) is 4.73. The Morgan fingerprint density at radius 1 is 0.684 bits per heavy atom. The third-order valence-electron chi connectivity index (χ3n) is 6.81. The lowest BCUT2D eigenvalue weighted by atomic mass is 10.1. The van der Waals surface area contributed by atoms with Crippen molar-refractivity contribution in [2.75, 3.05) is 26.4 Å². The molecule has 1 N–H and O–H groups in total. The molecule has 10 heteroatoms. The molecule has 0 spiro atoms. The Bertz CT molecular complexity index is 1330. The van der Waals surface area contributed by atoms with Gasteiger partial charge in [0.25, 0.3) is 22.2 Å². The van der Waals surface area contributed by atoms with Gasteiger partial charge in [-0.2, -0.15) is 0 Å². The van der Waals surface area contributed by atoms with Crippen molar-refractivity contribution in [2.24, 2.45) is 0 Å². The van der Waals surface area contributed by atoms with Gasteiger partial charge in [0.1, 0.15) is 13.2 Å². The summed E-state index contributed by atoms with van der Waals surface area (Å²) in [4.78, 5) is 63.6. The van der Waals surface area contributed by atoms with Crippen molar-refractivity contribution in [3.63, 3.8) is 0 Å². The second-order valence-electron chi connectivity index (χ2n) is 9.64. The molecule has 2 aromatic heterocycles. The Kier molecular flexibility index (Phi) is 11.4. The SMILES string of the molecule is CCCCCCCCCCCCn1c(=O)c2cc3c(=O)n(CC(=O)OCCOCCO)c(=O)c3cc2c1=O. The van der Waals surface area contributed by atoms with Crippen molar-refractivity contribution in [3.8, 4) is 0 Å². The van der Waals surface area contributed by atoms with E-state index in [1.807, 2.05) is 0 Å². The summed E-state index contributed by atoms with van der Waals surface area (Å²) in [5, 5.41) is 8.86. The zero-order chi connectivity index (χ0) is 27.5. The zero-order valence-electron chi connectivity index (χ0n) is 22.2. The first-order valence-corrected chi connectivity index (χ1v) is 13.6. The van der Waals surface area contributed by atoms with Gasteiger partial charge in [-0.1, -0.05) is 64.7 Å². The number of benzene rings is 1. The number of hydrogen-bond acceptors (Lipinski definition) is 8. The van der Waals surface area contributed by atoms with Gasteiger partial charge in [0.05, 0.1) is 41.4 Å². The molecule has 208 valence electrons. The first-order chi connectivity index (χ1) is 18.4. The average molecular weight is 531 g/mol. The number of aliphatic hydroxyl groups is 1. The van der Waals surface area contributed by atoms with E-state index in [2.05, 4.69) is 6.92 Å². The van der Waals surface area contributed by atoms with Crippen LogP contribution in [0.5, 0.6) is 0 Å². The smallest absolute Gasteiger partial charge is 0.326 e. The van der Waals surface area contributed by atoms with Gasteiger partial charge in [-0.25, -0.2) is 0 Å². The van der Waals surface area contributed by atoms with E-state index in [0.29, 0.717) is 13.0 Å². The third-order valence-corrected chi connectivity index (χ3v) is 6.81. The summed E-state index contributed by atoms with van der Waals surface area (Å²) >= 11 is 0. The van der Waals surface area contributed by atoms with Gasteiger partial charge in [-0.05, 0) is 18.6 Å². The minimum Gasteiger partial charge on any atom is -0.462 e. The number of carbonyl (C=O) groups is 1. The summed E-state index contributed by atoms with van der Waals surface area (Å²) in [7, 11) is 0. The molecule has 0 fully saturated rings. The van der Waals surface area contributed by atoms with Crippen LogP contribution in [0.1, 0.15) is 71.1 Å². The minimum absolute atomic E-state index is 0.00485. The number of esters is 1. The molecule has 38 heavy (non-hydrogen) atoms. The van der Waals surface area contributed by atoms with Crippen LogP contribution in [0.4, 0.5) is 0 Å². The van der Waals surface area contributed by atoms with Gasteiger partial charge in [-0.3, -0.25) is 33.1 Å². The number of ether oxygens (including phenoxy) is 2. The number of aliphatic hydroxyl groups excluding tert-OH is 1. The summed E-state index contributed by atoms with van der Waals surface area (Å²) in [6.07, 6.45) is 11.4. The first-order valence-electron chi connectivity index (χ1n) is 13.6. The standard InChI is InChI=1S/C28H38N2O8/c1-2-3-4-5-6-7-8-9-10-11-12-29-25(33)20-17-22-23(18-21(20)26(29)34)28(36)30(27(22)35)19-24(32)38-16-15-37-14-13-31/h17-18,31H,2-16,19H2,1H3. The molecule has 0 saturated carbocycles. The molecule has 3 rings (SSSR count). The molecule has 0 aliphatic carbocycles. The van der Waals surface area contributed by atoms with Crippen LogP contribution in [0.25, 0.3) is 21.5 Å². The second kappa shape index (κ2) is 14.7. The number of aromatic nitrogens is 2. The maximum Gasteiger partial charge on any atom is 0.326 e. The van der Waals surface area contributed by atoms with Crippen LogP contribution < -0.4 is 22.2 Å². The molecule has 0 aliphatic heterocycles. The molecular formula is C28H38N2O8. The van der Waals surface area contributed by atoms with Crippen molar-refractivity contribution in [3.05, 3.63) is 53.5 Å². The van der Waals surface area contributed by atoms with E-state index in [4.69, 9.17) is 14.6 Å². The highest BCUT2D eigenvalue weighted by atomic mass is 16.6. The topological polar surface area (TPSA) is 134 Å². The van der Waals surface area contributed by atoms with E-state index in [1.165, 1.54) is 55.2 Å². The van der Waals surface area contributed by atoms with Crippen molar-refractivity contribution >= 4 is 27.5 Å². The molecule has 0 aliphatic rings. The number of carbonyl (C=O) groups excluding carboxylic acids is 1. The Balaban J connectivity index is 1.64. The van der Waals surface area contributed by atoms with Gasteiger partial charge in [0.15, 0.2) is 0 Å². The van der Waals surface area contributed by atoms with E-state index < -0.39 is 34.8 Å². The van der Waals surface area contributed by atoms with E-state index >= 15 is 0 Å². The van der Waals surface area contributed by atoms with Crippen LogP contribution in [0, 0.1) is 0 Å². The number of fused-ring (bicyclic) bond motifs is 2. The lowest BCUT2D eigenvalue weighted by molar-refractivity contribution is -0.146. The zero-order valence-corrected chi connectivity index (χ0v) is 22.2. The molecule has 10 nitrogen and oxygen atoms in total. The van der Waals surface area contributed by atoms with Crippen LogP contribution >= 0.6 is 0 Å². The maximum atomic E-state index is 12.9. The van der Waals surface area contributed by atoms with Gasteiger partial charge in [0.2, 0.25) is 0 Å². The van der Waals surface area contributed by atoms with Crippen LogP contribution in [-0.4, -0.2) is 46.6 Å². The van der Waals surface area contributed by atoms with E-state index in [-0.39, 0.29) is 48.0 Å².